The van der Waals surface area contributed by atoms with E-state index in [0.29, 0.717) is 13.0 Å². The topological polar surface area (TPSA) is 29.5 Å². The lowest BCUT2D eigenvalue weighted by molar-refractivity contribution is -0.141. The van der Waals surface area contributed by atoms with Crippen LogP contribution in [0.3, 0.4) is 0 Å². The number of amides is 1. The zero-order valence-corrected chi connectivity index (χ0v) is 10.1. The first-order valence-corrected chi connectivity index (χ1v) is 5.50. The van der Waals surface area contributed by atoms with Gasteiger partial charge in [0, 0.05) is 20.7 Å². The molecule has 0 spiro atoms. The highest BCUT2D eigenvalue weighted by molar-refractivity contribution is 5.80. The van der Waals surface area contributed by atoms with Gasteiger partial charge in [0.05, 0.1) is 0 Å². The van der Waals surface area contributed by atoms with Crippen molar-refractivity contribution < 1.29 is 9.53 Å². The minimum Gasteiger partial charge on any atom is -0.372 e. The van der Waals surface area contributed by atoms with E-state index in [-0.39, 0.29) is 12.0 Å². The lowest BCUT2D eigenvalue weighted by Crippen LogP contribution is -2.36. The van der Waals surface area contributed by atoms with Crippen molar-refractivity contribution in [1.29, 1.82) is 0 Å². The molecule has 0 bridgehead atoms. The summed E-state index contributed by atoms with van der Waals surface area (Å²) in [6.45, 7) is 2.57. The normalized spacial score (nSPS) is 12.2. The third kappa shape index (κ3) is 3.35. The summed E-state index contributed by atoms with van der Waals surface area (Å²) >= 11 is 0. The molecule has 0 fully saturated rings. The van der Waals surface area contributed by atoms with Gasteiger partial charge in [-0.2, -0.15) is 0 Å². The van der Waals surface area contributed by atoms with Crippen LogP contribution in [0.5, 0.6) is 0 Å². The molecule has 1 rings (SSSR count). The molecule has 1 atom stereocenters. The number of carbonyl (C=O) groups is 1. The fraction of sp³-hybridized carbons (Fsp3) is 0.462. The van der Waals surface area contributed by atoms with Gasteiger partial charge >= 0.3 is 0 Å². The summed E-state index contributed by atoms with van der Waals surface area (Å²) in [5.74, 6) is 0.0360. The Morgan fingerprint density at radius 2 is 2.00 bits per heavy atom. The third-order valence-corrected chi connectivity index (χ3v) is 2.57. The van der Waals surface area contributed by atoms with Crippen LogP contribution in [0.15, 0.2) is 30.3 Å². The van der Waals surface area contributed by atoms with Gasteiger partial charge in [-0.05, 0) is 12.0 Å². The molecule has 3 nitrogen and oxygen atoms in total. The van der Waals surface area contributed by atoms with Gasteiger partial charge in [0.15, 0.2) is 0 Å². The van der Waals surface area contributed by atoms with Gasteiger partial charge in [0.2, 0.25) is 0 Å². The smallest absolute Gasteiger partial charge is 0.251 e. The second-order valence-electron chi connectivity index (χ2n) is 3.81. The zero-order valence-electron chi connectivity index (χ0n) is 10.1. The molecule has 0 heterocycles. The molecule has 0 aliphatic carbocycles. The van der Waals surface area contributed by atoms with Gasteiger partial charge < -0.3 is 9.64 Å². The molecule has 0 N–H and O–H groups in total. The van der Waals surface area contributed by atoms with Gasteiger partial charge in [0.25, 0.3) is 5.91 Å². The summed E-state index contributed by atoms with van der Waals surface area (Å²) in [5, 5.41) is 0. The van der Waals surface area contributed by atoms with Gasteiger partial charge in [0.1, 0.15) is 6.10 Å². The largest absolute Gasteiger partial charge is 0.372 e. The van der Waals surface area contributed by atoms with Gasteiger partial charge in [-0.25, -0.2) is 0 Å². The van der Waals surface area contributed by atoms with Crippen molar-refractivity contribution >= 4 is 5.91 Å². The van der Waals surface area contributed by atoms with Crippen molar-refractivity contribution in [3.05, 3.63) is 35.9 Å². The Labute approximate surface area is 97.0 Å². The molecule has 0 saturated heterocycles. The van der Waals surface area contributed by atoms with Crippen LogP contribution >= 0.6 is 0 Å². The Bertz CT molecular complexity index is 320. The maximum absolute atomic E-state index is 11.9. The Morgan fingerprint density at radius 3 is 2.50 bits per heavy atom. The molecule has 0 radical (unpaired) electrons. The van der Waals surface area contributed by atoms with E-state index in [1.807, 2.05) is 37.3 Å². The summed E-state index contributed by atoms with van der Waals surface area (Å²) in [6, 6.07) is 9.94. The summed E-state index contributed by atoms with van der Waals surface area (Å²) in [6.07, 6.45) is 0.378. The molecule has 1 aromatic rings. The predicted octanol–water partition coefficient (Wildman–Crippen LogP) is 2.07. The van der Waals surface area contributed by atoms with E-state index in [1.165, 1.54) is 0 Å². The van der Waals surface area contributed by atoms with E-state index in [2.05, 4.69) is 0 Å². The Hall–Kier alpha value is -1.35. The average Bonchev–Trinajstić information content (AvgIpc) is 2.31. The molecule has 0 saturated carbocycles. The Morgan fingerprint density at radius 1 is 1.38 bits per heavy atom. The first-order chi connectivity index (χ1) is 7.69. The second-order valence-corrected chi connectivity index (χ2v) is 3.81. The second kappa shape index (κ2) is 6.28. The molecule has 1 aromatic carbocycles. The molecular weight excluding hydrogens is 202 g/mol. The molecule has 16 heavy (non-hydrogen) atoms. The summed E-state index contributed by atoms with van der Waals surface area (Å²) in [5.41, 5.74) is 1.13. The molecule has 1 unspecified atom stereocenters. The van der Waals surface area contributed by atoms with Crippen LogP contribution in [0.1, 0.15) is 18.9 Å². The van der Waals surface area contributed by atoms with Crippen molar-refractivity contribution in [2.45, 2.75) is 26.0 Å². The number of rotatable bonds is 5. The van der Waals surface area contributed by atoms with E-state index in [4.69, 9.17) is 4.74 Å². The van der Waals surface area contributed by atoms with Crippen molar-refractivity contribution in [3.63, 3.8) is 0 Å². The molecule has 0 aromatic heterocycles. The average molecular weight is 221 g/mol. The highest BCUT2D eigenvalue weighted by Gasteiger charge is 2.19. The summed E-state index contributed by atoms with van der Waals surface area (Å²) in [4.78, 5) is 13.6. The van der Waals surface area contributed by atoms with Crippen LogP contribution in [0.4, 0.5) is 0 Å². The van der Waals surface area contributed by atoms with Gasteiger partial charge in [-0.3, -0.25) is 4.79 Å². The maximum atomic E-state index is 11.9. The van der Waals surface area contributed by atoms with E-state index in [0.717, 1.165) is 5.56 Å². The third-order valence-electron chi connectivity index (χ3n) is 2.57. The molecule has 3 heteroatoms. The van der Waals surface area contributed by atoms with Crippen LogP contribution in [0.25, 0.3) is 0 Å². The van der Waals surface area contributed by atoms with Crippen molar-refractivity contribution in [2.75, 3.05) is 14.2 Å². The van der Waals surface area contributed by atoms with Gasteiger partial charge in [-0.15, -0.1) is 0 Å². The monoisotopic (exact) mass is 221 g/mol. The van der Waals surface area contributed by atoms with Crippen LogP contribution in [0.2, 0.25) is 0 Å². The Balaban J connectivity index is 2.58. The highest BCUT2D eigenvalue weighted by Crippen LogP contribution is 2.07. The first-order valence-electron chi connectivity index (χ1n) is 5.50. The molecular formula is C13H19NO2. The molecule has 88 valence electrons. The molecule has 1 amide bonds. The number of nitrogens with zero attached hydrogens (tertiary/aromatic N) is 1. The van der Waals surface area contributed by atoms with Crippen molar-refractivity contribution in [2.24, 2.45) is 0 Å². The van der Waals surface area contributed by atoms with Gasteiger partial charge in [-0.1, -0.05) is 37.3 Å². The van der Waals surface area contributed by atoms with E-state index in [9.17, 15) is 4.79 Å². The number of benzene rings is 1. The number of hydrogen-bond acceptors (Lipinski definition) is 2. The molecule has 0 aliphatic rings. The number of likely N-dealkylation sites (N-methyl/N-ethyl adjacent to an activating group) is 1. The van der Waals surface area contributed by atoms with E-state index in [1.54, 1.807) is 19.1 Å². The summed E-state index contributed by atoms with van der Waals surface area (Å²) < 4.78 is 5.13. The minimum atomic E-state index is -0.325. The van der Waals surface area contributed by atoms with E-state index < -0.39 is 0 Å². The predicted molar refractivity (Wildman–Crippen MR) is 64.0 cm³/mol. The van der Waals surface area contributed by atoms with Crippen LogP contribution in [-0.2, 0) is 16.1 Å². The number of ether oxygens (including phenoxy) is 1. The van der Waals surface area contributed by atoms with Crippen molar-refractivity contribution in [3.8, 4) is 0 Å². The maximum Gasteiger partial charge on any atom is 0.251 e. The number of methoxy groups -OCH3 is 1. The minimum absolute atomic E-state index is 0.0360. The lowest BCUT2D eigenvalue weighted by atomic mass is 10.2. The van der Waals surface area contributed by atoms with Crippen molar-refractivity contribution in [1.82, 2.24) is 4.90 Å². The SMILES string of the molecule is CCC(OC)C(=O)N(C)Cc1ccccc1. The zero-order chi connectivity index (χ0) is 12.0. The van der Waals surface area contributed by atoms with Crippen LogP contribution < -0.4 is 0 Å². The number of hydrogen-bond donors (Lipinski definition) is 0. The Kier molecular flexibility index (Phi) is 4.99. The molecule has 0 aliphatic heterocycles. The quantitative estimate of drug-likeness (QED) is 0.761. The standard InChI is InChI=1S/C13H19NO2/c1-4-12(16-3)13(15)14(2)10-11-8-6-5-7-9-11/h5-9,12H,4,10H2,1-3H3. The van der Waals surface area contributed by atoms with Crippen LogP contribution in [0, 0.1) is 0 Å². The van der Waals surface area contributed by atoms with Crippen LogP contribution in [-0.4, -0.2) is 31.1 Å². The first kappa shape index (κ1) is 12.7. The highest BCUT2D eigenvalue weighted by atomic mass is 16.5. The summed E-state index contributed by atoms with van der Waals surface area (Å²) in [7, 11) is 3.37. The fourth-order valence-corrected chi connectivity index (χ4v) is 1.62. The number of carbonyl (C=O) groups excluding carboxylic acids is 1. The lowest BCUT2D eigenvalue weighted by Gasteiger charge is -2.22. The van der Waals surface area contributed by atoms with E-state index >= 15 is 0 Å². The fourth-order valence-electron chi connectivity index (χ4n) is 1.62.